The number of hydrogen-bond acceptors (Lipinski definition) is 2. The second-order valence-corrected chi connectivity index (χ2v) is 3.99. The molecule has 1 aliphatic rings. The fourth-order valence-electron chi connectivity index (χ4n) is 1.86. The molecule has 0 amide bonds. The maximum absolute atomic E-state index is 4.50. The molecular weight excluding hydrogens is 196 g/mol. The summed E-state index contributed by atoms with van der Waals surface area (Å²) in [6.07, 6.45) is 1.91. The molecule has 0 saturated carbocycles. The van der Waals surface area contributed by atoms with Gasteiger partial charge in [0.1, 0.15) is 0 Å². The Morgan fingerprint density at radius 3 is 2.81 bits per heavy atom. The molecule has 0 unspecified atom stereocenters. The van der Waals surface area contributed by atoms with E-state index in [4.69, 9.17) is 0 Å². The quantitative estimate of drug-likeness (QED) is 0.597. The Labute approximate surface area is 94.7 Å². The molecule has 0 fully saturated rings. The standard InChI is InChI=1S/C14H12N2/c1-10-6-7-13-14(8-10)15-9-11-4-2-3-5-12(11)16-13/h2-9,16H,1H3. The van der Waals surface area contributed by atoms with Crippen molar-refractivity contribution in [3.63, 3.8) is 0 Å². The molecular formula is C14H12N2. The number of fused-ring (bicyclic) bond motifs is 2. The molecule has 3 rings (SSSR count). The van der Waals surface area contributed by atoms with Crippen LogP contribution in [-0.4, -0.2) is 6.21 Å². The number of benzene rings is 2. The number of para-hydroxylation sites is 1. The zero-order valence-corrected chi connectivity index (χ0v) is 9.07. The van der Waals surface area contributed by atoms with Gasteiger partial charge < -0.3 is 5.32 Å². The number of hydrogen-bond donors (Lipinski definition) is 1. The highest BCUT2D eigenvalue weighted by molar-refractivity contribution is 5.95. The fourth-order valence-corrected chi connectivity index (χ4v) is 1.86. The number of aryl methyl sites for hydroxylation is 1. The normalized spacial score (nSPS) is 12.3. The van der Waals surface area contributed by atoms with E-state index in [1.54, 1.807) is 0 Å². The van der Waals surface area contributed by atoms with Crippen molar-refractivity contribution in [3.05, 3.63) is 53.6 Å². The molecule has 1 heterocycles. The molecule has 1 N–H and O–H groups in total. The van der Waals surface area contributed by atoms with Gasteiger partial charge in [0, 0.05) is 17.5 Å². The summed E-state index contributed by atoms with van der Waals surface area (Å²) in [5.41, 5.74) is 5.51. The molecule has 2 nitrogen and oxygen atoms in total. The summed E-state index contributed by atoms with van der Waals surface area (Å²) in [4.78, 5) is 4.50. The molecule has 0 saturated heterocycles. The zero-order chi connectivity index (χ0) is 11.0. The predicted octanol–water partition coefficient (Wildman–Crippen LogP) is 3.80. The van der Waals surface area contributed by atoms with E-state index in [1.807, 2.05) is 18.3 Å². The summed E-state index contributed by atoms with van der Waals surface area (Å²) < 4.78 is 0. The van der Waals surface area contributed by atoms with Gasteiger partial charge in [-0.2, -0.15) is 0 Å². The topological polar surface area (TPSA) is 24.4 Å². The predicted molar refractivity (Wildman–Crippen MR) is 68.2 cm³/mol. The van der Waals surface area contributed by atoms with E-state index in [0.29, 0.717) is 0 Å². The lowest BCUT2D eigenvalue weighted by Gasteiger charge is -2.08. The maximum atomic E-state index is 4.50. The van der Waals surface area contributed by atoms with Crippen molar-refractivity contribution in [2.24, 2.45) is 4.99 Å². The van der Waals surface area contributed by atoms with Gasteiger partial charge in [0.05, 0.1) is 11.4 Å². The van der Waals surface area contributed by atoms with Gasteiger partial charge in [0.25, 0.3) is 0 Å². The molecule has 2 aromatic rings. The van der Waals surface area contributed by atoms with E-state index in [-0.39, 0.29) is 0 Å². The fraction of sp³-hybridized carbons (Fsp3) is 0.0714. The highest BCUT2D eigenvalue weighted by atomic mass is 14.9. The Hall–Kier alpha value is -2.09. The van der Waals surface area contributed by atoms with Crippen LogP contribution in [-0.2, 0) is 0 Å². The van der Waals surface area contributed by atoms with Gasteiger partial charge in [-0.1, -0.05) is 24.3 Å². The van der Waals surface area contributed by atoms with Gasteiger partial charge in [0.2, 0.25) is 0 Å². The van der Waals surface area contributed by atoms with Gasteiger partial charge in [-0.25, -0.2) is 0 Å². The van der Waals surface area contributed by atoms with Crippen LogP contribution in [0, 0.1) is 6.92 Å². The van der Waals surface area contributed by atoms with Gasteiger partial charge in [-0.05, 0) is 30.7 Å². The molecule has 0 atom stereocenters. The molecule has 1 aliphatic heterocycles. The average Bonchev–Trinajstić information content (AvgIpc) is 2.48. The molecule has 0 radical (unpaired) electrons. The van der Waals surface area contributed by atoms with Crippen LogP contribution in [0.4, 0.5) is 17.1 Å². The van der Waals surface area contributed by atoms with E-state index in [2.05, 4.69) is 47.6 Å². The highest BCUT2D eigenvalue weighted by Crippen LogP contribution is 2.32. The van der Waals surface area contributed by atoms with E-state index in [9.17, 15) is 0 Å². The Morgan fingerprint density at radius 1 is 1.00 bits per heavy atom. The number of rotatable bonds is 0. The first-order valence-electron chi connectivity index (χ1n) is 5.34. The third-order valence-electron chi connectivity index (χ3n) is 2.73. The largest absolute Gasteiger partial charge is 0.353 e. The highest BCUT2D eigenvalue weighted by Gasteiger charge is 2.08. The van der Waals surface area contributed by atoms with Crippen LogP contribution < -0.4 is 5.32 Å². The number of anilines is 2. The summed E-state index contributed by atoms with van der Waals surface area (Å²) in [5.74, 6) is 0. The van der Waals surface area contributed by atoms with Crippen molar-refractivity contribution >= 4 is 23.3 Å². The van der Waals surface area contributed by atoms with E-state index in [1.165, 1.54) is 5.56 Å². The second kappa shape index (κ2) is 3.49. The number of aliphatic imine (C=N–C) groups is 1. The van der Waals surface area contributed by atoms with Crippen molar-refractivity contribution in [1.82, 2.24) is 0 Å². The Balaban J connectivity index is 2.17. The first-order valence-corrected chi connectivity index (χ1v) is 5.34. The third-order valence-corrected chi connectivity index (χ3v) is 2.73. The lowest BCUT2D eigenvalue weighted by atomic mass is 10.2. The van der Waals surface area contributed by atoms with Crippen LogP contribution in [0.3, 0.4) is 0 Å². The summed E-state index contributed by atoms with van der Waals surface area (Å²) in [6.45, 7) is 2.08. The van der Waals surface area contributed by atoms with Crippen molar-refractivity contribution in [3.8, 4) is 0 Å². The van der Waals surface area contributed by atoms with Crippen LogP contribution in [0.25, 0.3) is 0 Å². The van der Waals surface area contributed by atoms with Crippen LogP contribution >= 0.6 is 0 Å². The summed E-state index contributed by atoms with van der Waals surface area (Å²) >= 11 is 0. The molecule has 0 bridgehead atoms. The van der Waals surface area contributed by atoms with Crippen LogP contribution in [0.5, 0.6) is 0 Å². The van der Waals surface area contributed by atoms with Gasteiger partial charge in [-0.15, -0.1) is 0 Å². The summed E-state index contributed by atoms with van der Waals surface area (Å²) in [5, 5.41) is 3.41. The zero-order valence-electron chi connectivity index (χ0n) is 9.07. The minimum atomic E-state index is 0.996. The van der Waals surface area contributed by atoms with Gasteiger partial charge >= 0.3 is 0 Å². The number of nitrogens with zero attached hydrogens (tertiary/aromatic N) is 1. The molecule has 78 valence electrons. The van der Waals surface area contributed by atoms with Crippen molar-refractivity contribution < 1.29 is 0 Å². The minimum Gasteiger partial charge on any atom is -0.353 e. The number of nitrogens with one attached hydrogen (secondary N) is 1. The van der Waals surface area contributed by atoms with Crippen molar-refractivity contribution in [1.29, 1.82) is 0 Å². The molecule has 0 aromatic heterocycles. The average molecular weight is 208 g/mol. The van der Waals surface area contributed by atoms with Crippen LogP contribution in [0.15, 0.2) is 47.5 Å². The molecule has 2 aromatic carbocycles. The van der Waals surface area contributed by atoms with Crippen molar-refractivity contribution in [2.45, 2.75) is 6.92 Å². The van der Waals surface area contributed by atoms with Gasteiger partial charge in [-0.3, -0.25) is 4.99 Å². The monoisotopic (exact) mass is 208 g/mol. The van der Waals surface area contributed by atoms with E-state index < -0.39 is 0 Å². The molecule has 16 heavy (non-hydrogen) atoms. The lowest BCUT2D eigenvalue weighted by molar-refractivity contribution is 1.43. The Morgan fingerprint density at radius 2 is 1.88 bits per heavy atom. The van der Waals surface area contributed by atoms with Crippen LogP contribution in [0.1, 0.15) is 11.1 Å². The second-order valence-electron chi connectivity index (χ2n) is 3.99. The Bertz CT molecular complexity index is 571. The van der Waals surface area contributed by atoms with E-state index >= 15 is 0 Å². The summed E-state index contributed by atoms with van der Waals surface area (Å²) in [7, 11) is 0. The molecule has 0 aliphatic carbocycles. The SMILES string of the molecule is Cc1ccc2c(c1)N=Cc1ccccc1N2. The smallest absolute Gasteiger partial charge is 0.0867 e. The first kappa shape index (κ1) is 9.16. The minimum absolute atomic E-state index is 0.996. The Kier molecular flexibility index (Phi) is 2.00. The maximum Gasteiger partial charge on any atom is 0.0867 e. The van der Waals surface area contributed by atoms with Gasteiger partial charge in [0.15, 0.2) is 0 Å². The third kappa shape index (κ3) is 1.48. The van der Waals surface area contributed by atoms with Crippen LogP contribution in [0.2, 0.25) is 0 Å². The molecule has 2 heteroatoms. The first-order chi connectivity index (χ1) is 7.83. The van der Waals surface area contributed by atoms with Crippen molar-refractivity contribution in [2.75, 3.05) is 5.32 Å². The van der Waals surface area contributed by atoms with E-state index in [0.717, 1.165) is 22.6 Å². The summed E-state index contributed by atoms with van der Waals surface area (Å²) in [6, 6.07) is 14.4. The lowest BCUT2D eigenvalue weighted by Crippen LogP contribution is -1.92. The molecule has 0 spiro atoms.